The topological polar surface area (TPSA) is 32.7 Å². The van der Waals surface area contributed by atoms with E-state index in [4.69, 9.17) is 9.84 Å². The van der Waals surface area contributed by atoms with Gasteiger partial charge in [-0.3, -0.25) is 4.90 Å². The van der Waals surface area contributed by atoms with Gasteiger partial charge in [-0.15, -0.1) is 0 Å². The Morgan fingerprint density at radius 3 is 2.55 bits per heavy atom. The zero-order valence-corrected chi connectivity index (χ0v) is 14.5. The molecule has 20 heavy (non-hydrogen) atoms. The van der Waals surface area contributed by atoms with E-state index < -0.39 is 0 Å². The number of aliphatic hydroxyl groups excluding tert-OH is 1. The number of methoxy groups -OCH3 is 1. The van der Waals surface area contributed by atoms with E-state index in [9.17, 15) is 0 Å². The third-order valence-corrected chi connectivity index (χ3v) is 3.46. The number of benzene rings is 1. The quantitative estimate of drug-likeness (QED) is 0.819. The molecule has 0 saturated heterocycles. The molecule has 0 bridgehead atoms. The minimum atomic E-state index is 0.231. The Morgan fingerprint density at radius 2 is 2.00 bits per heavy atom. The van der Waals surface area contributed by atoms with E-state index in [1.54, 1.807) is 7.11 Å². The van der Waals surface area contributed by atoms with Gasteiger partial charge < -0.3 is 9.84 Å². The first-order valence-corrected chi connectivity index (χ1v) is 7.80. The normalized spacial score (nSPS) is 11.9. The standard InChI is InChI=1S/C16H26BrNO2/c1-16(2,3)12-18(8-5-9-19)11-13-10-14(17)6-7-15(13)20-4/h6-7,10,19H,5,8-9,11-12H2,1-4H3. The highest BCUT2D eigenvalue weighted by Crippen LogP contribution is 2.26. The van der Waals surface area contributed by atoms with Crippen LogP contribution < -0.4 is 4.74 Å². The summed E-state index contributed by atoms with van der Waals surface area (Å²) in [6, 6.07) is 6.08. The number of hydrogen-bond donors (Lipinski definition) is 1. The molecule has 1 rings (SSSR count). The Balaban J connectivity index is 2.85. The zero-order valence-electron chi connectivity index (χ0n) is 12.9. The summed E-state index contributed by atoms with van der Waals surface area (Å²) in [6.45, 7) is 9.65. The summed E-state index contributed by atoms with van der Waals surface area (Å²) in [6.07, 6.45) is 0.798. The van der Waals surface area contributed by atoms with E-state index in [0.29, 0.717) is 0 Å². The Labute approximate surface area is 131 Å². The van der Waals surface area contributed by atoms with Crippen molar-refractivity contribution in [2.75, 3.05) is 26.8 Å². The minimum Gasteiger partial charge on any atom is -0.496 e. The molecule has 0 unspecified atom stereocenters. The summed E-state index contributed by atoms with van der Waals surface area (Å²) in [5.74, 6) is 0.913. The van der Waals surface area contributed by atoms with Crippen molar-refractivity contribution in [2.45, 2.75) is 33.7 Å². The number of hydrogen-bond acceptors (Lipinski definition) is 3. The maximum Gasteiger partial charge on any atom is 0.123 e. The summed E-state index contributed by atoms with van der Waals surface area (Å²) >= 11 is 3.52. The second-order valence-corrected chi connectivity index (χ2v) is 7.22. The second kappa shape index (κ2) is 8.01. The van der Waals surface area contributed by atoms with Crippen LogP contribution in [0, 0.1) is 5.41 Å². The van der Waals surface area contributed by atoms with E-state index >= 15 is 0 Å². The Bertz CT molecular complexity index is 415. The first-order chi connectivity index (χ1) is 9.35. The fraction of sp³-hybridized carbons (Fsp3) is 0.625. The molecule has 0 amide bonds. The van der Waals surface area contributed by atoms with Crippen LogP contribution in [0.4, 0.5) is 0 Å². The summed E-state index contributed by atoms with van der Waals surface area (Å²) < 4.78 is 6.50. The first kappa shape index (κ1) is 17.5. The maximum atomic E-state index is 9.07. The predicted octanol–water partition coefficient (Wildman–Crippen LogP) is 3.69. The predicted molar refractivity (Wildman–Crippen MR) is 87.1 cm³/mol. The van der Waals surface area contributed by atoms with Crippen LogP contribution >= 0.6 is 15.9 Å². The molecule has 0 aliphatic rings. The van der Waals surface area contributed by atoms with Gasteiger partial charge in [-0.1, -0.05) is 36.7 Å². The van der Waals surface area contributed by atoms with Crippen LogP contribution in [0.3, 0.4) is 0 Å². The lowest BCUT2D eigenvalue weighted by Gasteiger charge is -2.30. The van der Waals surface area contributed by atoms with Gasteiger partial charge >= 0.3 is 0 Å². The highest BCUT2D eigenvalue weighted by atomic mass is 79.9. The van der Waals surface area contributed by atoms with Crippen molar-refractivity contribution in [2.24, 2.45) is 5.41 Å². The van der Waals surface area contributed by atoms with Gasteiger partial charge in [-0.2, -0.15) is 0 Å². The molecule has 0 radical (unpaired) electrons. The fourth-order valence-electron chi connectivity index (χ4n) is 2.29. The number of rotatable bonds is 7. The van der Waals surface area contributed by atoms with Crippen LogP contribution in [0.2, 0.25) is 0 Å². The lowest BCUT2D eigenvalue weighted by Crippen LogP contribution is -2.33. The summed E-state index contributed by atoms with van der Waals surface area (Å²) in [7, 11) is 1.70. The van der Waals surface area contributed by atoms with Crippen molar-refractivity contribution in [1.82, 2.24) is 4.90 Å². The van der Waals surface area contributed by atoms with Gasteiger partial charge in [0.05, 0.1) is 7.11 Å². The number of aliphatic hydroxyl groups is 1. The molecule has 114 valence electrons. The van der Waals surface area contributed by atoms with Crippen molar-refractivity contribution in [3.63, 3.8) is 0 Å². The molecular weight excluding hydrogens is 318 g/mol. The van der Waals surface area contributed by atoms with Gasteiger partial charge in [0.15, 0.2) is 0 Å². The molecule has 1 aromatic rings. The summed E-state index contributed by atoms with van der Waals surface area (Å²) in [5, 5.41) is 9.07. The number of halogens is 1. The van der Waals surface area contributed by atoms with Crippen LogP contribution in [0.25, 0.3) is 0 Å². The Kier molecular flexibility index (Phi) is 7.00. The van der Waals surface area contributed by atoms with Crippen molar-refractivity contribution in [3.05, 3.63) is 28.2 Å². The fourth-order valence-corrected chi connectivity index (χ4v) is 2.70. The van der Waals surface area contributed by atoms with Gasteiger partial charge in [-0.25, -0.2) is 0 Å². The average molecular weight is 344 g/mol. The molecule has 4 heteroatoms. The molecule has 0 fully saturated rings. The van der Waals surface area contributed by atoms with Gasteiger partial charge in [0.2, 0.25) is 0 Å². The van der Waals surface area contributed by atoms with Crippen LogP contribution in [0.1, 0.15) is 32.8 Å². The van der Waals surface area contributed by atoms with Crippen molar-refractivity contribution in [1.29, 1.82) is 0 Å². The van der Waals surface area contributed by atoms with E-state index in [-0.39, 0.29) is 12.0 Å². The van der Waals surface area contributed by atoms with Gasteiger partial charge in [0.25, 0.3) is 0 Å². The summed E-state index contributed by atoms with van der Waals surface area (Å²) in [5.41, 5.74) is 1.40. The van der Waals surface area contributed by atoms with E-state index in [2.05, 4.69) is 47.7 Å². The molecule has 1 aromatic carbocycles. The van der Waals surface area contributed by atoms with Crippen LogP contribution in [0.15, 0.2) is 22.7 Å². The largest absolute Gasteiger partial charge is 0.496 e. The second-order valence-electron chi connectivity index (χ2n) is 6.30. The average Bonchev–Trinajstić information content (AvgIpc) is 2.34. The van der Waals surface area contributed by atoms with Crippen molar-refractivity contribution in [3.8, 4) is 5.75 Å². The third kappa shape index (κ3) is 6.25. The molecule has 1 N–H and O–H groups in total. The maximum absolute atomic E-state index is 9.07. The van der Waals surface area contributed by atoms with E-state index in [1.807, 2.05) is 12.1 Å². The van der Waals surface area contributed by atoms with Gasteiger partial charge in [0.1, 0.15) is 5.75 Å². The highest BCUT2D eigenvalue weighted by Gasteiger charge is 2.18. The Morgan fingerprint density at radius 1 is 1.30 bits per heavy atom. The lowest BCUT2D eigenvalue weighted by atomic mass is 9.95. The zero-order chi connectivity index (χ0) is 15.2. The summed E-state index contributed by atoms with van der Waals surface area (Å²) in [4.78, 5) is 2.38. The van der Waals surface area contributed by atoms with Gasteiger partial charge in [0, 0.05) is 36.3 Å². The monoisotopic (exact) mass is 343 g/mol. The molecule has 0 spiro atoms. The number of nitrogens with zero attached hydrogens (tertiary/aromatic N) is 1. The van der Waals surface area contributed by atoms with Crippen LogP contribution in [-0.2, 0) is 6.54 Å². The SMILES string of the molecule is COc1ccc(Br)cc1CN(CCCO)CC(C)(C)C. The highest BCUT2D eigenvalue weighted by molar-refractivity contribution is 9.10. The van der Waals surface area contributed by atoms with E-state index in [1.165, 1.54) is 5.56 Å². The molecular formula is C16H26BrNO2. The minimum absolute atomic E-state index is 0.231. The molecule has 0 heterocycles. The smallest absolute Gasteiger partial charge is 0.123 e. The number of ether oxygens (including phenoxy) is 1. The van der Waals surface area contributed by atoms with Crippen LogP contribution in [-0.4, -0.2) is 36.8 Å². The molecule has 0 saturated carbocycles. The molecule has 0 aliphatic heterocycles. The lowest BCUT2D eigenvalue weighted by molar-refractivity contribution is 0.164. The molecule has 3 nitrogen and oxygen atoms in total. The van der Waals surface area contributed by atoms with Crippen LogP contribution in [0.5, 0.6) is 5.75 Å². The molecule has 0 aliphatic carbocycles. The van der Waals surface area contributed by atoms with Gasteiger partial charge in [-0.05, 0) is 30.0 Å². The molecule has 0 atom stereocenters. The first-order valence-electron chi connectivity index (χ1n) is 7.01. The Hall–Kier alpha value is -0.580. The van der Waals surface area contributed by atoms with Crippen molar-refractivity contribution >= 4 is 15.9 Å². The van der Waals surface area contributed by atoms with Crippen molar-refractivity contribution < 1.29 is 9.84 Å². The molecule has 0 aromatic heterocycles. The van der Waals surface area contributed by atoms with E-state index in [0.717, 1.165) is 36.3 Å². The third-order valence-electron chi connectivity index (χ3n) is 2.97.